The van der Waals surface area contributed by atoms with E-state index >= 15 is 0 Å². The van der Waals surface area contributed by atoms with Gasteiger partial charge in [-0.25, -0.2) is 4.79 Å². The Labute approximate surface area is 160 Å². The van der Waals surface area contributed by atoms with Crippen molar-refractivity contribution < 1.29 is 14.3 Å². The molecule has 0 fully saturated rings. The van der Waals surface area contributed by atoms with E-state index in [0.29, 0.717) is 18.6 Å². The minimum atomic E-state index is -0.451. The second kappa shape index (κ2) is 7.95. The van der Waals surface area contributed by atoms with Crippen molar-refractivity contribution >= 4 is 11.9 Å². The third kappa shape index (κ3) is 3.75. The molecule has 0 aliphatic heterocycles. The summed E-state index contributed by atoms with van der Waals surface area (Å²) >= 11 is 0. The maximum atomic E-state index is 13.0. The Kier molecular flexibility index (Phi) is 5.64. The Morgan fingerprint density at radius 2 is 1.89 bits per heavy atom. The SMILES string of the molecule is CCc1ccc(C2Cc3ccccc3C2=O)c(CC)c1OC(=O)NC(C)C. The first kappa shape index (κ1) is 19.2. The molecule has 1 aliphatic rings. The molecule has 27 heavy (non-hydrogen) atoms. The molecule has 2 aromatic carbocycles. The highest BCUT2D eigenvalue weighted by Crippen LogP contribution is 2.39. The lowest BCUT2D eigenvalue weighted by atomic mass is 9.87. The maximum Gasteiger partial charge on any atom is 0.412 e. The molecule has 4 heteroatoms. The van der Waals surface area contributed by atoms with Crippen LogP contribution in [0.25, 0.3) is 0 Å². The van der Waals surface area contributed by atoms with Crippen LogP contribution < -0.4 is 10.1 Å². The summed E-state index contributed by atoms with van der Waals surface area (Å²) in [6.45, 7) is 7.87. The fraction of sp³-hybridized carbons (Fsp3) is 0.391. The standard InChI is InChI=1S/C23H27NO3/c1-5-15-11-12-19(17(6-2)22(15)27-23(26)24-14(3)4)20-13-16-9-7-8-10-18(16)21(20)25/h7-12,14,20H,5-6,13H2,1-4H3,(H,24,26). The maximum absolute atomic E-state index is 13.0. The van der Waals surface area contributed by atoms with Gasteiger partial charge in [-0.05, 0) is 55.4 Å². The third-order valence-corrected chi connectivity index (χ3v) is 5.11. The summed E-state index contributed by atoms with van der Waals surface area (Å²) in [5, 5.41) is 2.78. The summed E-state index contributed by atoms with van der Waals surface area (Å²) < 4.78 is 5.72. The molecule has 0 aromatic heterocycles. The molecule has 4 nitrogen and oxygen atoms in total. The van der Waals surface area contributed by atoms with Crippen LogP contribution in [0.4, 0.5) is 4.79 Å². The summed E-state index contributed by atoms with van der Waals surface area (Å²) in [5.41, 5.74) is 4.82. The molecule has 2 aromatic rings. The van der Waals surface area contributed by atoms with E-state index in [4.69, 9.17) is 4.74 Å². The second-order valence-corrected chi connectivity index (χ2v) is 7.30. The molecular weight excluding hydrogens is 338 g/mol. The molecule has 0 radical (unpaired) electrons. The number of hydrogen-bond acceptors (Lipinski definition) is 3. The Morgan fingerprint density at radius 1 is 1.15 bits per heavy atom. The van der Waals surface area contributed by atoms with Crippen molar-refractivity contribution in [2.45, 2.75) is 58.9 Å². The molecule has 1 aliphatic carbocycles. The highest BCUT2D eigenvalue weighted by atomic mass is 16.6. The molecule has 0 saturated carbocycles. The van der Waals surface area contributed by atoms with Gasteiger partial charge in [0.1, 0.15) is 5.75 Å². The number of carbonyl (C=O) groups excluding carboxylic acids is 2. The van der Waals surface area contributed by atoms with Crippen LogP contribution >= 0.6 is 0 Å². The van der Waals surface area contributed by atoms with Crippen LogP contribution in [-0.2, 0) is 19.3 Å². The average molecular weight is 365 g/mol. The summed E-state index contributed by atoms with van der Waals surface area (Å²) in [6, 6.07) is 11.8. The van der Waals surface area contributed by atoms with Crippen molar-refractivity contribution in [3.05, 3.63) is 64.2 Å². The van der Waals surface area contributed by atoms with Crippen LogP contribution in [-0.4, -0.2) is 17.9 Å². The number of benzene rings is 2. The van der Waals surface area contributed by atoms with Crippen LogP contribution in [0.5, 0.6) is 5.75 Å². The summed E-state index contributed by atoms with van der Waals surface area (Å²) in [5.74, 6) is 0.556. The van der Waals surface area contributed by atoms with Crippen molar-refractivity contribution in [2.75, 3.05) is 0 Å². The van der Waals surface area contributed by atoms with Crippen molar-refractivity contribution in [1.82, 2.24) is 5.32 Å². The largest absolute Gasteiger partial charge is 0.412 e. The fourth-order valence-corrected chi connectivity index (χ4v) is 3.84. The zero-order valence-electron chi connectivity index (χ0n) is 16.5. The third-order valence-electron chi connectivity index (χ3n) is 5.11. The summed E-state index contributed by atoms with van der Waals surface area (Å²) in [6.07, 6.45) is 1.71. The van der Waals surface area contributed by atoms with Gasteiger partial charge < -0.3 is 10.1 Å². The van der Waals surface area contributed by atoms with Crippen LogP contribution in [0.15, 0.2) is 36.4 Å². The molecule has 1 N–H and O–H groups in total. The van der Waals surface area contributed by atoms with Crippen LogP contribution in [0, 0.1) is 0 Å². The van der Waals surface area contributed by atoms with Gasteiger partial charge in [-0.15, -0.1) is 0 Å². The molecule has 1 atom stereocenters. The van der Waals surface area contributed by atoms with Gasteiger partial charge in [0.05, 0.1) is 5.92 Å². The molecule has 0 bridgehead atoms. The van der Waals surface area contributed by atoms with Gasteiger partial charge in [0.2, 0.25) is 0 Å². The number of Topliss-reactive ketones (excluding diaryl/α,β-unsaturated/α-hetero) is 1. The van der Waals surface area contributed by atoms with Gasteiger partial charge in [0.25, 0.3) is 0 Å². The lowest BCUT2D eigenvalue weighted by Crippen LogP contribution is -2.33. The van der Waals surface area contributed by atoms with Gasteiger partial charge in [0, 0.05) is 11.6 Å². The Morgan fingerprint density at radius 3 is 2.52 bits per heavy atom. The second-order valence-electron chi connectivity index (χ2n) is 7.30. The molecule has 1 amide bonds. The van der Waals surface area contributed by atoms with E-state index in [1.54, 1.807) is 0 Å². The smallest absolute Gasteiger partial charge is 0.410 e. The van der Waals surface area contributed by atoms with Gasteiger partial charge >= 0.3 is 6.09 Å². The average Bonchev–Trinajstić information content (AvgIpc) is 2.97. The van der Waals surface area contributed by atoms with E-state index in [0.717, 1.165) is 34.2 Å². The number of rotatable bonds is 5. The monoisotopic (exact) mass is 365 g/mol. The Balaban J connectivity index is 2.01. The van der Waals surface area contributed by atoms with Crippen molar-refractivity contribution in [3.8, 4) is 5.75 Å². The van der Waals surface area contributed by atoms with E-state index in [-0.39, 0.29) is 17.7 Å². The molecule has 0 heterocycles. The van der Waals surface area contributed by atoms with Gasteiger partial charge in [0.15, 0.2) is 5.78 Å². The van der Waals surface area contributed by atoms with Crippen molar-refractivity contribution in [2.24, 2.45) is 0 Å². The van der Waals surface area contributed by atoms with E-state index < -0.39 is 6.09 Å². The topological polar surface area (TPSA) is 55.4 Å². The highest BCUT2D eigenvalue weighted by molar-refractivity contribution is 6.05. The fourth-order valence-electron chi connectivity index (χ4n) is 3.84. The van der Waals surface area contributed by atoms with E-state index in [2.05, 4.69) is 5.32 Å². The summed E-state index contributed by atoms with van der Waals surface area (Å²) in [4.78, 5) is 25.2. The molecule has 0 saturated heterocycles. The van der Waals surface area contributed by atoms with Gasteiger partial charge in [-0.3, -0.25) is 4.79 Å². The minimum Gasteiger partial charge on any atom is -0.410 e. The van der Waals surface area contributed by atoms with E-state index in [1.165, 1.54) is 0 Å². The first-order valence-corrected chi connectivity index (χ1v) is 9.71. The lowest BCUT2D eigenvalue weighted by Gasteiger charge is -2.20. The lowest BCUT2D eigenvalue weighted by molar-refractivity contribution is 0.0972. The Hall–Kier alpha value is -2.62. The number of hydrogen-bond donors (Lipinski definition) is 1. The number of amides is 1. The predicted octanol–water partition coefficient (Wildman–Crippen LogP) is 4.83. The van der Waals surface area contributed by atoms with Crippen LogP contribution in [0.3, 0.4) is 0 Å². The number of carbonyl (C=O) groups is 2. The summed E-state index contributed by atoms with van der Waals surface area (Å²) in [7, 11) is 0. The molecular formula is C23H27NO3. The molecule has 0 spiro atoms. The molecule has 3 rings (SSSR count). The van der Waals surface area contributed by atoms with Crippen LogP contribution in [0.2, 0.25) is 0 Å². The van der Waals surface area contributed by atoms with Crippen LogP contribution in [0.1, 0.15) is 66.2 Å². The Bertz CT molecular complexity index is 870. The van der Waals surface area contributed by atoms with Gasteiger partial charge in [-0.2, -0.15) is 0 Å². The quantitative estimate of drug-likeness (QED) is 0.825. The number of ketones is 1. The van der Waals surface area contributed by atoms with Crippen molar-refractivity contribution in [1.29, 1.82) is 0 Å². The first-order chi connectivity index (χ1) is 13.0. The number of ether oxygens (including phenoxy) is 1. The zero-order valence-corrected chi connectivity index (χ0v) is 16.5. The number of aryl methyl sites for hydroxylation is 1. The van der Waals surface area contributed by atoms with E-state index in [9.17, 15) is 9.59 Å². The zero-order chi connectivity index (χ0) is 19.6. The minimum absolute atomic E-state index is 0.00162. The number of fused-ring (bicyclic) bond motifs is 1. The van der Waals surface area contributed by atoms with Crippen molar-refractivity contribution in [3.63, 3.8) is 0 Å². The normalized spacial score (nSPS) is 15.7. The highest BCUT2D eigenvalue weighted by Gasteiger charge is 2.33. The molecule has 142 valence electrons. The molecule has 1 unspecified atom stereocenters. The predicted molar refractivity (Wildman–Crippen MR) is 107 cm³/mol. The van der Waals surface area contributed by atoms with Gasteiger partial charge in [-0.1, -0.05) is 50.2 Å². The first-order valence-electron chi connectivity index (χ1n) is 9.71. The number of nitrogens with one attached hydrogen (secondary N) is 1. The van der Waals surface area contributed by atoms with E-state index in [1.807, 2.05) is 64.1 Å².